The molecule has 0 aromatic heterocycles. The summed E-state index contributed by atoms with van der Waals surface area (Å²) in [5, 5.41) is 3.11. The Labute approximate surface area is 130 Å². The second-order valence-electron chi connectivity index (χ2n) is 5.84. The van der Waals surface area contributed by atoms with Crippen molar-refractivity contribution in [2.75, 3.05) is 20.3 Å². The first-order valence-corrected chi connectivity index (χ1v) is 7.90. The molecule has 1 saturated carbocycles. The van der Waals surface area contributed by atoms with Crippen LogP contribution in [0.1, 0.15) is 36.5 Å². The van der Waals surface area contributed by atoms with Crippen LogP contribution in [-0.4, -0.2) is 44.0 Å². The fourth-order valence-electron chi connectivity index (χ4n) is 3.46. The summed E-state index contributed by atoms with van der Waals surface area (Å²) in [5.74, 6) is 0.671. The van der Waals surface area contributed by atoms with E-state index in [1.54, 1.807) is 31.4 Å². The molecule has 2 fully saturated rings. The maximum absolute atomic E-state index is 12.4. The maximum atomic E-state index is 12.4. The Kier molecular flexibility index (Phi) is 4.36. The highest BCUT2D eigenvalue weighted by Crippen LogP contribution is 2.45. The number of benzene rings is 1. The van der Waals surface area contributed by atoms with Gasteiger partial charge in [-0.25, -0.2) is 0 Å². The summed E-state index contributed by atoms with van der Waals surface area (Å²) in [7, 11) is 1.61. The van der Waals surface area contributed by atoms with Gasteiger partial charge in [0, 0.05) is 18.8 Å². The van der Waals surface area contributed by atoms with Crippen LogP contribution in [-0.2, 0) is 9.47 Å². The van der Waals surface area contributed by atoms with Crippen LogP contribution in [0.2, 0.25) is 0 Å². The van der Waals surface area contributed by atoms with Crippen molar-refractivity contribution >= 4 is 5.91 Å². The molecule has 120 valence electrons. The number of carbonyl (C=O) groups is 1. The van der Waals surface area contributed by atoms with Crippen LogP contribution >= 0.6 is 0 Å². The lowest BCUT2D eigenvalue weighted by Gasteiger charge is -2.52. The first kappa shape index (κ1) is 15.3. The van der Waals surface area contributed by atoms with E-state index >= 15 is 0 Å². The number of methoxy groups -OCH3 is 1. The van der Waals surface area contributed by atoms with Crippen molar-refractivity contribution in [1.29, 1.82) is 0 Å². The topological polar surface area (TPSA) is 56.8 Å². The average molecular weight is 305 g/mol. The Morgan fingerprint density at radius 1 is 1.41 bits per heavy atom. The molecule has 5 nitrogen and oxygen atoms in total. The monoisotopic (exact) mass is 305 g/mol. The predicted octanol–water partition coefficient (Wildman–Crippen LogP) is 2.15. The minimum atomic E-state index is -0.321. The molecular formula is C17H23NO4. The van der Waals surface area contributed by atoms with Gasteiger partial charge in [0.2, 0.25) is 0 Å². The zero-order valence-corrected chi connectivity index (χ0v) is 13.1. The fraction of sp³-hybridized carbons (Fsp3) is 0.588. The second kappa shape index (κ2) is 6.26. The molecular weight excluding hydrogens is 282 g/mol. The first-order valence-electron chi connectivity index (χ1n) is 7.90. The van der Waals surface area contributed by atoms with Gasteiger partial charge in [0.05, 0.1) is 19.3 Å². The highest BCUT2D eigenvalue weighted by Gasteiger charge is 2.59. The van der Waals surface area contributed by atoms with Crippen molar-refractivity contribution in [1.82, 2.24) is 5.32 Å². The van der Waals surface area contributed by atoms with Crippen molar-refractivity contribution in [2.24, 2.45) is 0 Å². The first-order chi connectivity index (χ1) is 10.7. The molecule has 1 aromatic carbocycles. The zero-order valence-electron chi connectivity index (χ0n) is 13.1. The van der Waals surface area contributed by atoms with Crippen LogP contribution in [0.15, 0.2) is 24.3 Å². The Bertz CT molecular complexity index is 522. The lowest BCUT2D eigenvalue weighted by atomic mass is 9.70. The molecule has 0 radical (unpaired) electrons. The molecule has 3 atom stereocenters. The molecule has 1 aromatic rings. The van der Waals surface area contributed by atoms with E-state index in [2.05, 4.69) is 5.32 Å². The molecule has 5 heteroatoms. The van der Waals surface area contributed by atoms with E-state index in [0.717, 1.165) is 31.6 Å². The smallest absolute Gasteiger partial charge is 0.251 e. The SMILES string of the molecule is CCO[C@@H]1C[C@H](NC(=O)c2ccc(OC)cc2)[C@]12CCCO2. The minimum Gasteiger partial charge on any atom is -0.497 e. The number of hydrogen-bond acceptors (Lipinski definition) is 4. The van der Waals surface area contributed by atoms with Crippen molar-refractivity contribution in [3.63, 3.8) is 0 Å². The Morgan fingerprint density at radius 2 is 2.18 bits per heavy atom. The number of rotatable bonds is 5. The molecule has 1 amide bonds. The summed E-state index contributed by atoms with van der Waals surface area (Å²) < 4.78 is 16.8. The van der Waals surface area contributed by atoms with Crippen molar-refractivity contribution in [3.8, 4) is 5.75 Å². The van der Waals surface area contributed by atoms with E-state index in [9.17, 15) is 4.79 Å². The molecule has 22 heavy (non-hydrogen) atoms. The highest BCUT2D eigenvalue weighted by atomic mass is 16.6. The number of ether oxygens (including phenoxy) is 3. The van der Waals surface area contributed by atoms with Crippen LogP contribution in [0, 0.1) is 0 Å². The van der Waals surface area contributed by atoms with Gasteiger partial charge < -0.3 is 19.5 Å². The van der Waals surface area contributed by atoms with Gasteiger partial charge in [0.25, 0.3) is 5.91 Å². The number of carbonyl (C=O) groups excluding carboxylic acids is 1. The third-order valence-electron chi connectivity index (χ3n) is 4.69. The molecule has 0 unspecified atom stereocenters. The average Bonchev–Trinajstić information content (AvgIpc) is 3.06. The van der Waals surface area contributed by atoms with Gasteiger partial charge in [-0.3, -0.25) is 4.79 Å². The van der Waals surface area contributed by atoms with E-state index in [1.165, 1.54) is 0 Å². The molecule has 1 saturated heterocycles. The largest absolute Gasteiger partial charge is 0.497 e. The van der Waals surface area contributed by atoms with E-state index in [1.807, 2.05) is 6.92 Å². The zero-order chi connectivity index (χ0) is 15.6. The van der Waals surface area contributed by atoms with Crippen LogP contribution in [0.3, 0.4) is 0 Å². The molecule has 0 bridgehead atoms. The van der Waals surface area contributed by atoms with Crippen LogP contribution in [0.4, 0.5) is 0 Å². The van der Waals surface area contributed by atoms with Gasteiger partial charge in [-0.2, -0.15) is 0 Å². The molecule has 1 aliphatic carbocycles. The van der Waals surface area contributed by atoms with Gasteiger partial charge in [-0.1, -0.05) is 0 Å². The van der Waals surface area contributed by atoms with E-state index in [0.29, 0.717) is 12.2 Å². The van der Waals surface area contributed by atoms with Crippen molar-refractivity contribution < 1.29 is 19.0 Å². The lowest BCUT2D eigenvalue weighted by Crippen LogP contribution is -2.69. The van der Waals surface area contributed by atoms with E-state index in [4.69, 9.17) is 14.2 Å². The highest BCUT2D eigenvalue weighted by molar-refractivity contribution is 5.94. The molecule has 2 aliphatic rings. The predicted molar refractivity (Wildman–Crippen MR) is 82.2 cm³/mol. The Hall–Kier alpha value is -1.59. The number of amides is 1. The molecule has 1 spiro atoms. The van der Waals surface area contributed by atoms with E-state index in [-0.39, 0.29) is 23.7 Å². The van der Waals surface area contributed by atoms with Crippen LogP contribution < -0.4 is 10.1 Å². The number of hydrogen-bond donors (Lipinski definition) is 1. The van der Waals surface area contributed by atoms with Gasteiger partial charge in [-0.05, 0) is 50.5 Å². The summed E-state index contributed by atoms with van der Waals surface area (Å²) in [6, 6.07) is 7.16. The molecule has 1 aliphatic heterocycles. The van der Waals surface area contributed by atoms with Gasteiger partial charge in [0.15, 0.2) is 0 Å². The van der Waals surface area contributed by atoms with E-state index < -0.39 is 0 Å². The molecule has 3 rings (SSSR count). The van der Waals surface area contributed by atoms with Gasteiger partial charge >= 0.3 is 0 Å². The normalized spacial score (nSPS) is 30.1. The summed E-state index contributed by atoms with van der Waals surface area (Å²) in [6.45, 7) is 3.42. The van der Waals surface area contributed by atoms with Crippen molar-refractivity contribution in [2.45, 2.75) is 43.9 Å². The maximum Gasteiger partial charge on any atom is 0.251 e. The van der Waals surface area contributed by atoms with Crippen LogP contribution in [0.25, 0.3) is 0 Å². The minimum absolute atomic E-state index is 0.0288. The third kappa shape index (κ3) is 2.59. The standard InChI is InChI=1S/C17H23NO4/c1-3-21-15-11-14(17(15)9-4-10-22-17)18-16(19)12-5-7-13(20-2)8-6-12/h5-8,14-15H,3-4,9-11H2,1-2H3,(H,18,19)/t14-,15+,17+/m0/s1. The third-order valence-corrected chi connectivity index (χ3v) is 4.69. The fourth-order valence-corrected chi connectivity index (χ4v) is 3.46. The summed E-state index contributed by atoms with van der Waals surface area (Å²) in [4.78, 5) is 12.4. The van der Waals surface area contributed by atoms with Crippen molar-refractivity contribution in [3.05, 3.63) is 29.8 Å². The summed E-state index contributed by atoms with van der Waals surface area (Å²) in [5.41, 5.74) is 0.312. The molecule has 1 N–H and O–H groups in total. The quantitative estimate of drug-likeness (QED) is 0.905. The Balaban J connectivity index is 1.66. The van der Waals surface area contributed by atoms with Gasteiger partial charge in [0.1, 0.15) is 11.4 Å². The molecule has 1 heterocycles. The second-order valence-corrected chi connectivity index (χ2v) is 5.84. The lowest BCUT2D eigenvalue weighted by molar-refractivity contribution is -0.194. The Morgan fingerprint density at radius 3 is 2.77 bits per heavy atom. The number of nitrogens with one attached hydrogen (secondary N) is 1. The van der Waals surface area contributed by atoms with Crippen LogP contribution in [0.5, 0.6) is 5.75 Å². The summed E-state index contributed by atoms with van der Waals surface area (Å²) in [6.07, 6.45) is 2.89. The summed E-state index contributed by atoms with van der Waals surface area (Å²) >= 11 is 0. The van der Waals surface area contributed by atoms with Gasteiger partial charge in [-0.15, -0.1) is 0 Å².